The van der Waals surface area contributed by atoms with E-state index in [0.717, 1.165) is 61.0 Å². The van der Waals surface area contributed by atoms with E-state index < -0.39 is 29.7 Å². The fourth-order valence-corrected chi connectivity index (χ4v) is 7.12. The maximum absolute atomic E-state index is 13.0. The van der Waals surface area contributed by atoms with Crippen molar-refractivity contribution in [2.24, 2.45) is 0 Å². The first-order valence-corrected chi connectivity index (χ1v) is 18.3. The highest BCUT2D eigenvalue weighted by molar-refractivity contribution is 6.23. The number of benzene rings is 3. The SMILES string of the molecule is N#Cc1ccc(O[C@H]2CC[C@H](NC(=O)c3ccc(OCCCCCOc4ccc5c(c4)C(=O)N(C4CCC(=O)NC4=O)C5=O)cc3)CC2)c2cccnc12. The van der Waals surface area contributed by atoms with Crippen molar-refractivity contribution >= 4 is 40.4 Å². The molecule has 2 N–H and O–H groups in total. The molecule has 2 aliphatic heterocycles. The van der Waals surface area contributed by atoms with Crippen molar-refractivity contribution in [2.75, 3.05) is 13.2 Å². The summed E-state index contributed by atoms with van der Waals surface area (Å²) in [5.41, 5.74) is 2.11. The number of amides is 5. The van der Waals surface area contributed by atoms with Gasteiger partial charge in [-0.15, -0.1) is 0 Å². The molecular weight excluding hydrogens is 690 g/mol. The monoisotopic (exact) mass is 729 g/mol. The second-order valence-electron chi connectivity index (χ2n) is 13.6. The summed E-state index contributed by atoms with van der Waals surface area (Å²) in [6, 6.07) is 20.3. The Kier molecular flexibility index (Phi) is 10.8. The molecule has 4 aromatic rings. The summed E-state index contributed by atoms with van der Waals surface area (Å²) in [7, 11) is 0. The number of piperidine rings is 1. The fourth-order valence-electron chi connectivity index (χ4n) is 7.12. The zero-order valence-corrected chi connectivity index (χ0v) is 29.5. The summed E-state index contributed by atoms with van der Waals surface area (Å²) in [5.74, 6) is -0.464. The molecule has 5 amide bonds. The second kappa shape index (κ2) is 16.2. The summed E-state index contributed by atoms with van der Waals surface area (Å²) < 4.78 is 18.0. The molecule has 1 atom stereocenters. The van der Waals surface area contributed by atoms with Gasteiger partial charge in [0.2, 0.25) is 11.8 Å². The number of pyridine rings is 1. The van der Waals surface area contributed by atoms with Crippen LogP contribution in [0.2, 0.25) is 0 Å². The van der Waals surface area contributed by atoms with E-state index in [1.807, 2.05) is 18.2 Å². The van der Waals surface area contributed by atoms with Crippen LogP contribution in [0.1, 0.15) is 94.4 Å². The van der Waals surface area contributed by atoms with E-state index >= 15 is 0 Å². The number of fused-ring (bicyclic) bond motifs is 2. The minimum atomic E-state index is -1.01. The van der Waals surface area contributed by atoms with Gasteiger partial charge in [0.05, 0.1) is 41.5 Å². The molecule has 0 radical (unpaired) electrons. The first-order valence-electron chi connectivity index (χ1n) is 18.3. The number of carbonyl (C=O) groups is 5. The van der Waals surface area contributed by atoms with Gasteiger partial charge in [-0.3, -0.25) is 39.2 Å². The van der Waals surface area contributed by atoms with Crippen molar-refractivity contribution in [3.05, 3.63) is 95.2 Å². The molecule has 3 aliphatic rings. The summed E-state index contributed by atoms with van der Waals surface area (Å²) in [6.45, 7) is 0.902. The van der Waals surface area contributed by atoms with Crippen LogP contribution >= 0.6 is 0 Å². The normalized spacial score (nSPS) is 19.5. The van der Waals surface area contributed by atoms with Crippen LogP contribution in [0, 0.1) is 11.3 Å². The summed E-state index contributed by atoms with van der Waals surface area (Å²) in [6.07, 6.45) is 7.42. The van der Waals surface area contributed by atoms with Crippen molar-refractivity contribution < 1.29 is 38.2 Å². The lowest BCUT2D eigenvalue weighted by Gasteiger charge is -2.30. The zero-order valence-electron chi connectivity index (χ0n) is 29.5. The average Bonchev–Trinajstić information content (AvgIpc) is 3.43. The number of rotatable bonds is 13. The molecule has 1 aromatic heterocycles. The van der Waals surface area contributed by atoms with E-state index in [9.17, 15) is 29.2 Å². The number of imide groups is 2. The minimum absolute atomic E-state index is 0.0183. The van der Waals surface area contributed by atoms with Gasteiger partial charge in [0, 0.05) is 29.6 Å². The van der Waals surface area contributed by atoms with E-state index in [4.69, 9.17) is 14.2 Å². The van der Waals surface area contributed by atoms with Gasteiger partial charge in [-0.25, -0.2) is 0 Å². The van der Waals surface area contributed by atoms with Crippen LogP contribution in [0.4, 0.5) is 0 Å². The second-order valence-corrected chi connectivity index (χ2v) is 13.6. The lowest BCUT2D eigenvalue weighted by molar-refractivity contribution is -0.136. The zero-order chi connectivity index (χ0) is 37.6. The van der Waals surface area contributed by atoms with Gasteiger partial charge < -0.3 is 19.5 Å². The van der Waals surface area contributed by atoms with Gasteiger partial charge >= 0.3 is 0 Å². The Bertz CT molecular complexity index is 2140. The van der Waals surface area contributed by atoms with Crippen molar-refractivity contribution in [3.8, 4) is 23.3 Å². The first-order chi connectivity index (χ1) is 26.3. The molecular formula is C41H39N5O8. The Labute approximate surface area is 311 Å². The lowest BCUT2D eigenvalue weighted by atomic mass is 9.92. The van der Waals surface area contributed by atoms with Crippen LogP contribution in [0.5, 0.6) is 17.2 Å². The quantitative estimate of drug-likeness (QED) is 0.136. The number of nitriles is 1. The topological polar surface area (TPSA) is 177 Å². The largest absolute Gasteiger partial charge is 0.494 e. The number of nitrogens with zero attached hydrogens (tertiary/aromatic N) is 3. The molecule has 7 rings (SSSR count). The van der Waals surface area contributed by atoms with E-state index in [1.165, 1.54) is 12.1 Å². The minimum Gasteiger partial charge on any atom is -0.494 e. The molecule has 1 unspecified atom stereocenters. The van der Waals surface area contributed by atoms with Gasteiger partial charge in [0.25, 0.3) is 17.7 Å². The van der Waals surface area contributed by atoms with Crippen LogP contribution in [0.3, 0.4) is 0 Å². The predicted molar refractivity (Wildman–Crippen MR) is 195 cm³/mol. The van der Waals surface area contributed by atoms with Crippen LogP contribution in [-0.4, -0.2) is 70.8 Å². The predicted octanol–water partition coefficient (Wildman–Crippen LogP) is 5.26. The van der Waals surface area contributed by atoms with E-state index in [-0.39, 0.29) is 42.0 Å². The third-order valence-electron chi connectivity index (χ3n) is 10.0. The summed E-state index contributed by atoms with van der Waals surface area (Å²) in [5, 5.41) is 15.6. The van der Waals surface area contributed by atoms with Crippen molar-refractivity contribution in [3.63, 3.8) is 0 Å². The number of nitrogens with one attached hydrogen (secondary N) is 2. The molecule has 276 valence electrons. The molecule has 3 heterocycles. The number of aromatic nitrogens is 1. The molecule has 3 aromatic carbocycles. The van der Waals surface area contributed by atoms with Gasteiger partial charge in [0.15, 0.2) is 0 Å². The number of ether oxygens (including phenoxy) is 3. The molecule has 13 heteroatoms. The Morgan fingerprint density at radius 3 is 2.31 bits per heavy atom. The highest BCUT2D eigenvalue weighted by Gasteiger charge is 2.44. The van der Waals surface area contributed by atoms with Crippen LogP contribution in [0.25, 0.3) is 10.9 Å². The first kappa shape index (κ1) is 36.1. The smallest absolute Gasteiger partial charge is 0.262 e. The van der Waals surface area contributed by atoms with Crippen LogP contribution in [-0.2, 0) is 9.59 Å². The molecule has 54 heavy (non-hydrogen) atoms. The molecule has 1 aliphatic carbocycles. The van der Waals surface area contributed by atoms with E-state index in [0.29, 0.717) is 41.4 Å². The van der Waals surface area contributed by atoms with Gasteiger partial charge in [-0.05, 0) is 118 Å². The van der Waals surface area contributed by atoms with Crippen molar-refractivity contribution in [1.29, 1.82) is 5.26 Å². The number of hydrogen-bond donors (Lipinski definition) is 2. The van der Waals surface area contributed by atoms with Gasteiger partial charge in [-0.1, -0.05) is 0 Å². The molecule has 13 nitrogen and oxygen atoms in total. The average molecular weight is 730 g/mol. The standard InChI is InChI=1S/C41H39N5O8/c42-24-26-8-18-35(32-5-4-20-43-37(26)32)54-29-13-9-27(10-14-29)44-38(48)25-6-11-28(12-7-25)52-21-2-1-3-22-53-30-15-16-31-33(23-30)41(51)46(40(31)50)34-17-19-36(47)45-39(34)49/h4-8,11-12,15-16,18,20,23,27,29,34H,1-3,9-10,13-14,17,19,21-22H2,(H,44,48)(H,45,47,49)/t27-,29-,34?. The number of hydrogen-bond acceptors (Lipinski definition) is 10. The van der Waals surface area contributed by atoms with Crippen molar-refractivity contribution in [1.82, 2.24) is 20.5 Å². The Morgan fingerprint density at radius 1 is 0.852 bits per heavy atom. The van der Waals surface area contributed by atoms with Crippen LogP contribution in [0.15, 0.2) is 72.9 Å². The maximum atomic E-state index is 13.0. The highest BCUT2D eigenvalue weighted by atomic mass is 16.5. The van der Waals surface area contributed by atoms with Crippen LogP contribution < -0.4 is 24.8 Å². The third kappa shape index (κ3) is 7.88. The van der Waals surface area contributed by atoms with E-state index in [2.05, 4.69) is 21.7 Å². The molecule has 1 saturated carbocycles. The lowest BCUT2D eigenvalue weighted by Crippen LogP contribution is -2.54. The maximum Gasteiger partial charge on any atom is 0.262 e. The number of unbranched alkanes of at least 4 members (excludes halogenated alkanes) is 2. The van der Waals surface area contributed by atoms with Crippen molar-refractivity contribution in [2.45, 2.75) is 76.0 Å². The van der Waals surface area contributed by atoms with E-state index in [1.54, 1.807) is 42.6 Å². The summed E-state index contributed by atoms with van der Waals surface area (Å²) >= 11 is 0. The van der Waals surface area contributed by atoms with Gasteiger partial charge in [-0.2, -0.15) is 5.26 Å². The fraction of sp³-hybridized carbons (Fsp3) is 0.341. The highest BCUT2D eigenvalue weighted by Crippen LogP contribution is 2.32. The molecule has 0 bridgehead atoms. The number of carbonyl (C=O) groups excluding carboxylic acids is 5. The third-order valence-corrected chi connectivity index (χ3v) is 10.0. The summed E-state index contributed by atoms with van der Waals surface area (Å²) in [4.78, 5) is 67.9. The van der Waals surface area contributed by atoms with Gasteiger partial charge in [0.1, 0.15) is 29.4 Å². The Balaban J connectivity index is 0.787. The molecule has 1 saturated heterocycles. The molecule has 2 fully saturated rings. The Hall–Kier alpha value is -6.29. The Morgan fingerprint density at radius 2 is 1.57 bits per heavy atom. The molecule has 0 spiro atoms.